The third-order valence-corrected chi connectivity index (χ3v) is 6.27. The van der Waals surface area contributed by atoms with E-state index >= 15 is 0 Å². The number of nitrogens with one attached hydrogen (secondary N) is 1. The van der Waals surface area contributed by atoms with Crippen LogP contribution in [0.15, 0.2) is 46.9 Å². The maximum absolute atomic E-state index is 12.7. The smallest absolute Gasteiger partial charge is 0.288 e. The van der Waals surface area contributed by atoms with Gasteiger partial charge >= 0.3 is 0 Å². The molecule has 6 nitrogen and oxygen atoms in total. The van der Waals surface area contributed by atoms with Crippen LogP contribution in [0.5, 0.6) is 0 Å². The van der Waals surface area contributed by atoms with Crippen molar-refractivity contribution in [3.63, 3.8) is 0 Å². The third kappa shape index (κ3) is 4.82. The number of carbonyl (C=O) groups is 1. The van der Waals surface area contributed by atoms with Crippen LogP contribution in [-0.4, -0.2) is 59.3 Å². The molecule has 1 N–H and O–H groups in total. The van der Waals surface area contributed by atoms with Crippen molar-refractivity contribution in [3.8, 4) is 0 Å². The molecule has 0 atom stereocenters. The zero-order valence-electron chi connectivity index (χ0n) is 15.4. The fraction of sp³-hybridized carbons (Fsp3) is 0.316. The average Bonchev–Trinajstić information content (AvgIpc) is 3.19. The maximum atomic E-state index is 12.7. The Bertz CT molecular complexity index is 991. The van der Waals surface area contributed by atoms with Crippen LogP contribution >= 0.6 is 23.1 Å². The van der Waals surface area contributed by atoms with Gasteiger partial charge in [-0.25, -0.2) is 9.97 Å². The molecule has 0 aliphatic carbocycles. The Hall–Kier alpha value is -2.30. The summed E-state index contributed by atoms with van der Waals surface area (Å²) in [6.07, 6.45) is 1.59. The van der Waals surface area contributed by atoms with Gasteiger partial charge in [0.1, 0.15) is 17.0 Å². The number of piperazine rings is 1. The Kier molecular flexibility index (Phi) is 6.22. The van der Waals surface area contributed by atoms with Crippen LogP contribution in [0.2, 0.25) is 0 Å². The predicted octanol–water partition coefficient (Wildman–Crippen LogP) is 3.77. The summed E-state index contributed by atoms with van der Waals surface area (Å²) in [4.78, 5) is 26.7. The number of thiophene rings is 1. The lowest BCUT2D eigenvalue weighted by Crippen LogP contribution is -2.49. The maximum Gasteiger partial charge on any atom is 0.288 e. The molecule has 2 aromatic heterocycles. The lowest BCUT2D eigenvalue weighted by Gasteiger charge is -2.35. The minimum atomic E-state index is -2.53. The first-order chi connectivity index (χ1) is 14.1. The molecule has 0 bridgehead atoms. The number of hydrogen-bond acceptors (Lipinski definition) is 7. The van der Waals surface area contributed by atoms with Gasteiger partial charge in [0.05, 0.1) is 17.6 Å². The highest BCUT2D eigenvalue weighted by Crippen LogP contribution is 2.31. The molecular formula is C19H19F2N5OS2. The van der Waals surface area contributed by atoms with Crippen LogP contribution in [-0.2, 0) is 4.79 Å². The van der Waals surface area contributed by atoms with E-state index in [-0.39, 0.29) is 12.5 Å². The van der Waals surface area contributed by atoms with Crippen LogP contribution in [0.3, 0.4) is 0 Å². The SMILES string of the molecule is O=C(CN1CCN(c2ncnc3sccc23)CC1)Nc1ccccc1SC(F)F. The second kappa shape index (κ2) is 9.02. The number of halogens is 2. The van der Waals surface area contributed by atoms with E-state index in [1.165, 1.54) is 0 Å². The van der Waals surface area contributed by atoms with E-state index in [4.69, 9.17) is 0 Å². The number of anilines is 2. The monoisotopic (exact) mass is 435 g/mol. The van der Waals surface area contributed by atoms with Crippen molar-refractivity contribution < 1.29 is 13.6 Å². The zero-order valence-corrected chi connectivity index (χ0v) is 17.1. The molecule has 1 aromatic carbocycles. The van der Waals surface area contributed by atoms with Crippen molar-refractivity contribution in [2.24, 2.45) is 0 Å². The summed E-state index contributed by atoms with van der Waals surface area (Å²) in [6.45, 7) is 3.17. The number of amides is 1. The van der Waals surface area contributed by atoms with E-state index in [1.54, 1.807) is 41.9 Å². The lowest BCUT2D eigenvalue weighted by atomic mass is 10.2. The minimum absolute atomic E-state index is 0.206. The highest BCUT2D eigenvalue weighted by atomic mass is 32.2. The summed E-state index contributed by atoms with van der Waals surface area (Å²) < 4.78 is 25.4. The number of para-hydroxylation sites is 1. The second-order valence-corrected chi connectivity index (χ2v) is 8.45. The molecule has 3 heterocycles. The number of alkyl halides is 2. The molecule has 29 heavy (non-hydrogen) atoms. The van der Waals surface area contributed by atoms with Crippen LogP contribution in [0.4, 0.5) is 20.3 Å². The Morgan fingerprint density at radius 2 is 1.97 bits per heavy atom. The molecule has 3 aromatic rings. The molecule has 1 fully saturated rings. The van der Waals surface area contributed by atoms with E-state index in [9.17, 15) is 13.6 Å². The van der Waals surface area contributed by atoms with Gasteiger partial charge in [0, 0.05) is 31.1 Å². The number of aromatic nitrogens is 2. The van der Waals surface area contributed by atoms with Crippen molar-refractivity contribution >= 4 is 50.7 Å². The molecule has 1 aliphatic heterocycles. The van der Waals surface area contributed by atoms with Gasteiger partial charge in [0.25, 0.3) is 5.76 Å². The molecule has 0 spiro atoms. The third-order valence-electron chi connectivity index (χ3n) is 4.66. The van der Waals surface area contributed by atoms with Crippen LogP contribution < -0.4 is 10.2 Å². The van der Waals surface area contributed by atoms with E-state index < -0.39 is 5.76 Å². The van der Waals surface area contributed by atoms with Gasteiger partial charge in [-0.1, -0.05) is 23.9 Å². The van der Waals surface area contributed by atoms with Gasteiger partial charge in [-0.3, -0.25) is 9.69 Å². The zero-order chi connectivity index (χ0) is 20.2. The standard InChI is InChI=1S/C19H19F2N5OS2/c20-19(21)29-15-4-2-1-3-14(15)24-16(27)11-25-6-8-26(9-7-25)17-13-5-10-28-18(13)23-12-22-17/h1-5,10,12,19H,6-9,11H2,(H,24,27). The summed E-state index contributed by atoms with van der Waals surface area (Å²) in [7, 11) is 0. The largest absolute Gasteiger partial charge is 0.353 e. The number of nitrogens with zero attached hydrogens (tertiary/aromatic N) is 4. The first kappa shape index (κ1) is 20.0. The summed E-state index contributed by atoms with van der Waals surface area (Å²) >= 11 is 2.02. The predicted molar refractivity (Wildman–Crippen MR) is 113 cm³/mol. The Labute approximate surface area is 174 Å². The summed E-state index contributed by atoms with van der Waals surface area (Å²) in [5, 5.41) is 5.82. The summed E-state index contributed by atoms with van der Waals surface area (Å²) in [5.74, 6) is -1.81. The first-order valence-electron chi connectivity index (χ1n) is 9.09. The quantitative estimate of drug-likeness (QED) is 0.595. The van der Waals surface area contributed by atoms with Crippen molar-refractivity contribution in [1.82, 2.24) is 14.9 Å². The molecule has 152 valence electrons. The molecule has 0 saturated carbocycles. The molecule has 0 unspecified atom stereocenters. The van der Waals surface area contributed by atoms with Gasteiger partial charge in [-0.15, -0.1) is 11.3 Å². The van der Waals surface area contributed by atoms with Gasteiger partial charge in [0.2, 0.25) is 5.91 Å². The molecule has 1 saturated heterocycles. The molecular weight excluding hydrogens is 416 g/mol. The number of hydrogen-bond donors (Lipinski definition) is 1. The van der Waals surface area contributed by atoms with Gasteiger partial charge in [-0.2, -0.15) is 8.78 Å². The Morgan fingerprint density at radius 1 is 1.17 bits per heavy atom. The van der Waals surface area contributed by atoms with Crippen molar-refractivity contribution in [2.75, 3.05) is 42.9 Å². The highest BCUT2D eigenvalue weighted by Gasteiger charge is 2.22. The van der Waals surface area contributed by atoms with Crippen molar-refractivity contribution in [3.05, 3.63) is 42.0 Å². The number of rotatable bonds is 6. The number of thioether (sulfide) groups is 1. The number of benzene rings is 1. The van der Waals surface area contributed by atoms with E-state index in [2.05, 4.69) is 25.1 Å². The number of fused-ring (bicyclic) bond motifs is 1. The highest BCUT2D eigenvalue weighted by molar-refractivity contribution is 7.99. The normalized spacial score (nSPS) is 15.2. The van der Waals surface area contributed by atoms with Crippen LogP contribution in [0, 0.1) is 0 Å². The fourth-order valence-electron chi connectivity index (χ4n) is 3.31. The molecule has 10 heteroatoms. The topological polar surface area (TPSA) is 61.4 Å². The average molecular weight is 436 g/mol. The lowest BCUT2D eigenvalue weighted by molar-refractivity contribution is -0.117. The van der Waals surface area contributed by atoms with Gasteiger partial charge < -0.3 is 10.2 Å². The molecule has 4 rings (SSSR count). The summed E-state index contributed by atoms with van der Waals surface area (Å²) in [5.41, 5.74) is 0.419. The van der Waals surface area contributed by atoms with E-state index in [0.29, 0.717) is 22.3 Å². The fourth-order valence-corrected chi connectivity index (χ4v) is 4.63. The Morgan fingerprint density at radius 3 is 2.76 bits per heavy atom. The van der Waals surface area contributed by atoms with Crippen LogP contribution in [0.1, 0.15) is 0 Å². The first-order valence-corrected chi connectivity index (χ1v) is 10.9. The van der Waals surface area contributed by atoms with Gasteiger partial charge in [0.15, 0.2) is 0 Å². The van der Waals surface area contributed by atoms with E-state index in [1.807, 2.05) is 11.4 Å². The molecule has 0 radical (unpaired) electrons. The van der Waals surface area contributed by atoms with Crippen molar-refractivity contribution in [2.45, 2.75) is 10.7 Å². The van der Waals surface area contributed by atoms with Crippen LogP contribution in [0.25, 0.3) is 10.2 Å². The molecule has 1 amide bonds. The number of carbonyl (C=O) groups excluding carboxylic acids is 1. The van der Waals surface area contributed by atoms with Gasteiger partial charge in [-0.05, 0) is 23.6 Å². The van der Waals surface area contributed by atoms with Crippen molar-refractivity contribution in [1.29, 1.82) is 0 Å². The summed E-state index contributed by atoms with van der Waals surface area (Å²) in [6, 6.07) is 8.65. The Balaban J connectivity index is 1.33. The van der Waals surface area contributed by atoms with E-state index in [0.717, 1.165) is 42.2 Å². The minimum Gasteiger partial charge on any atom is -0.353 e. The molecule has 1 aliphatic rings. The second-order valence-electron chi connectivity index (χ2n) is 6.52.